The van der Waals surface area contributed by atoms with E-state index in [2.05, 4.69) is 5.32 Å². The zero-order chi connectivity index (χ0) is 22.2. The number of nitrogens with one attached hydrogen (secondary N) is 1. The monoisotopic (exact) mass is 479 g/mol. The number of nitrogen functional groups attached to an aromatic ring is 1. The lowest BCUT2D eigenvalue weighted by atomic mass is 10.0. The molecular weight excluding hydrogens is 465 g/mol. The van der Waals surface area contributed by atoms with Crippen molar-refractivity contribution in [2.75, 3.05) is 11.1 Å². The van der Waals surface area contributed by atoms with Crippen molar-refractivity contribution in [3.8, 4) is 21.7 Å². The lowest BCUT2D eigenvalue weighted by Gasteiger charge is -2.08. The van der Waals surface area contributed by atoms with Crippen LogP contribution in [0.1, 0.15) is 9.67 Å². The highest BCUT2D eigenvalue weighted by molar-refractivity contribution is 7.21. The first-order valence-corrected chi connectivity index (χ1v) is 11.7. The van der Waals surface area contributed by atoms with Gasteiger partial charge in [0.15, 0.2) is 0 Å². The van der Waals surface area contributed by atoms with Gasteiger partial charge >= 0.3 is 0 Å². The number of pyridine rings is 1. The van der Waals surface area contributed by atoms with Crippen molar-refractivity contribution in [3.05, 3.63) is 87.8 Å². The second kappa shape index (κ2) is 8.35. The van der Waals surface area contributed by atoms with Gasteiger partial charge in [-0.25, -0.2) is 9.37 Å². The van der Waals surface area contributed by atoms with Gasteiger partial charge in [-0.05, 0) is 59.0 Å². The Labute approximate surface area is 196 Å². The molecule has 0 saturated heterocycles. The van der Waals surface area contributed by atoms with E-state index in [-0.39, 0.29) is 0 Å². The molecular formula is C24H15ClFN3OS2. The molecule has 0 fully saturated rings. The van der Waals surface area contributed by atoms with Gasteiger partial charge < -0.3 is 11.1 Å². The number of fused-ring (bicyclic) bond motifs is 1. The van der Waals surface area contributed by atoms with E-state index in [0.717, 1.165) is 21.7 Å². The maximum atomic E-state index is 13.5. The lowest BCUT2D eigenvalue weighted by molar-refractivity contribution is 0.103. The summed E-state index contributed by atoms with van der Waals surface area (Å²) in [6.45, 7) is 0. The molecule has 0 aliphatic carbocycles. The third-order valence-electron chi connectivity index (χ3n) is 4.92. The quantitative estimate of drug-likeness (QED) is 0.284. The number of amides is 1. The fraction of sp³-hybridized carbons (Fsp3) is 0. The SMILES string of the molecule is Nc1c(C(=O)Nc2cccc(F)c2)sc2nc(-c3cccs3)cc(-c3ccc(Cl)cc3)c12. The summed E-state index contributed by atoms with van der Waals surface area (Å²) >= 11 is 8.88. The number of benzene rings is 2. The molecule has 0 spiro atoms. The number of nitrogens with zero attached hydrogens (tertiary/aromatic N) is 1. The molecule has 3 heterocycles. The van der Waals surface area contributed by atoms with E-state index in [0.29, 0.717) is 31.5 Å². The van der Waals surface area contributed by atoms with Crippen LogP contribution < -0.4 is 11.1 Å². The molecule has 3 N–H and O–H groups in total. The summed E-state index contributed by atoms with van der Waals surface area (Å²) < 4.78 is 13.5. The molecule has 0 atom stereocenters. The minimum Gasteiger partial charge on any atom is -0.397 e. The zero-order valence-electron chi connectivity index (χ0n) is 16.4. The van der Waals surface area contributed by atoms with Gasteiger partial charge in [0.05, 0.1) is 16.3 Å². The largest absolute Gasteiger partial charge is 0.397 e. The molecule has 0 bridgehead atoms. The van der Waals surface area contributed by atoms with Crippen LogP contribution in [-0.2, 0) is 0 Å². The molecule has 0 aliphatic rings. The Bertz CT molecular complexity index is 1450. The van der Waals surface area contributed by atoms with Crippen molar-refractivity contribution in [2.24, 2.45) is 0 Å². The summed E-state index contributed by atoms with van der Waals surface area (Å²) in [5.74, 6) is -0.838. The highest BCUT2D eigenvalue weighted by atomic mass is 35.5. The Balaban J connectivity index is 1.66. The maximum Gasteiger partial charge on any atom is 0.267 e. The van der Waals surface area contributed by atoms with Crippen molar-refractivity contribution in [1.29, 1.82) is 0 Å². The number of rotatable bonds is 4. The van der Waals surface area contributed by atoms with E-state index in [1.54, 1.807) is 17.4 Å². The van der Waals surface area contributed by atoms with E-state index in [4.69, 9.17) is 22.3 Å². The average Bonchev–Trinajstić information content (AvgIpc) is 3.42. The minimum absolute atomic E-state index is 0.329. The minimum atomic E-state index is -0.431. The third-order valence-corrected chi connectivity index (χ3v) is 7.16. The predicted molar refractivity (Wildman–Crippen MR) is 132 cm³/mol. The summed E-state index contributed by atoms with van der Waals surface area (Å²) in [5, 5.41) is 6.05. The first kappa shape index (κ1) is 20.6. The lowest BCUT2D eigenvalue weighted by Crippen LogP contribution is -2.12. The van der Waals surface area contributed by atoms with Crippen LogP contribution in [0.4, 0.5) is 15.8 Å². The fourth-order valence-electron chi connectivity index (χ4n) is 3.45. The standard InChI is InChI=1S/C24H15ClFN3OS2/c25-14-8-6-13(7-9-14)17-12-18(19-5-2-10-31-19)29-24-20(17)21(27)22(32-24)23(30)28-16-4-1-3-15(26)11-16/h1-12H,27H2,(H,28,30). The van der Waals surface area contributed by atoms with Crippen LogP contribution in [0.2, 0.25) is 5.02 Å². The molecule has 0 unspecified atom stereocenters. The summed E-state index contributed by atoms with van der Waals surface area (Å²) in [6.07, 6.45) is 0. The predicted octanol–water partition coefficient (Wildman–Crippen LogP) is 7.32. The molecule has 1 amide bonds. The molecule has 0 radical (unpaired) electrons. The summed E-state index contributed by atoms with van der Waals surface area (Å²) in [4.78, 5) is 19.8. The van der Waals surface area contributed by atoms with Crippen molar-refractivity contribution in [2.45, 2.75) is 0 Å². The first-order chi connectivity index (χ1) is 15.5. The van der Waals surface area contributed by atoms with Gasteiger partial charge in [-0.3, -0.25) is 4.79 Å². The fourth-order valence-corrected chi connectivity index (χ4v) is 5.28. The normalized spacial score (nSPS) is 11.1. The molecule has 5 rings (SSSR count). The Hall–Kier alpha value is -3.26. The maximum absolute atomic E-state index is 13.5. The van der Waals surface area contributed by atoms with Crippen molar-refractivity contribution in [3.63, 3.8) is 0 Å². The van der Waals surface area contributed by atoms with Crippen LogP contribution in [0.3, 0.4) is 0 Å². The number of anilines is 2. The number of carbonyl (C=O) groups excluding carboxylic acids is 1. The van der Waals surface area contributed by atoms with Crippen molar-refractivity contribution < 1.29 is 9.18 Å². The van der Waals surface area contributed by atoms with Gasteiger partial charge in [-0.15, -0.1) is 22.7 Å². The Morgan fingerprint density at radius 1 is 1.06 bits per heavy atom. The number of halogens is 2. The third kappa shape index (κ3) is 3.86. The number of hydrogen-bond acceptors (Lipinski definition) is 5. The van der Waals surface area contributed by atoms with Gasteiger partial charge in [-0.1, -0.05) is 35.9 Å². The van der Waals surface area contributed by atoms with E-state index in [9.17, 15) is 9.18 Å². The smallest absolute Gasteiger partial charge is 0.267 e. The van der Waals surface area contributed by atoms with Crippen LogP contribution in [0.5, 0.6) is 0 Å². The molecule has 0 saturated carbocycles. The van der Waals surface area contributed by atoms with Crippen LogP contribution in [-0.4, -0.2) is 10.9 Å². The van der Waals surface area contributed by atoms with Crippen molar-refractivity contribution >= 4 is 61.8 Å². The molecule has 8 heteroatoms. The van der Waals surface area contributed by atoms with Crippen LogP contribution in [0, 0.1) is 5.82 Å². The molecule has 2 aromatic carbocycles. The van der Waals surface area contributed by atoms with Crippen molar-refractivity contribution in [1.82, 2.24) is 4.98 Å². The van der Waals surface area contributed by atoms with E-state index in [1.807, 2.05) is 47.8 Å². The second-order valence-corrected chi connectivity index (χ2v) is 9.41. The van der Waals surface area contributed by atoms with E-state index < -0.39 is 11.7 Å². The molecule has 4 nitrogen and oxygen atoms in total. The summed E-state index contributed by atoms with van der Waals surface area (Å²) in [5.41, 5.74) is 9.76. The molecule has 158 valence electrons. The second-order valence-electron chi connectivity index (χ2n) is 7.03. The molecule has 5 aromatic rings. The van der Waals surface area contributed by atoms with Gasteiger partial charge in [0.1, 0.15) is 15.5 Å². The first-order valence-electron chi connectivity index (χ1n) is 9.59. The van der Waals surface area contributed by atoms with Gasteiger partial charge in [0.25, 0.3) is 5.91 Å². The molecule has 3 aromatic heterocycles. The van der Waals surface area contributed by atoms with E-state index in [1.165, 1.54) is 29.5 Å². The highest BCUT2D eigenvalue weighted by Gasteiger charge is 2.22. The summed E-state index contributed by atoms with van der Waals surface area (Å²) in [7, 11) is 0. The van der Waals surface area contributed by atoms with Gasteiger partial charge in [0, 0.05) is 16.1 Å². The molecule has 32 heavy (non-hydrogen) atoms. The zero-order valence-corrected chi connectivity index (χ0v) is 18.8. The average molecular weight is 480 g/mol. The molecule has 0 aliphatic heterocycles. The van der Waals surface area contributed by atoms with E-state index >= 15 is 0 Å². The van der Waals surface area contributed by atoms with Gasteiger partial charge in [0.2, 0.25) is 0 Å². The van der Waals surface area contributed by atoms with Gasteiger partial charge in [-0.2, -0.15) is 0 Å². The highest BCUT2D eigenvalue weighted by Crippen LogP contribution is 2.42. The Morgan fingerprint density at radius 3 is 2.59 bits per heavy atom. The van der Waals surface area contributed by atoms with Crippen LogP contribution in [0.15, 0.2) is 72.1 Å². The Kier molecular flexibility index (Phi) is 5.38. The Morgan fingerprint density at radius 2 is 1.88 bits per heavy atom. The number of aromatic nitrogens is 1. The number of carbonyl (C=O) groups is 1. The van der Waals surface area contributed by atoms with Crippen LogP contribution >= 0.6 is 34.3 Å². The van der Waals surface area contributed by atoms with Crippen LogP contribution in [0.25, 0.3) is 31.9 Å². The number of thiophene rings is 2. The topological polar surface area (TPSA) is 68.0 Å². The number of hydrogen-bond donors (Lipinski definition) is 2. The summed E-state index contributed by atoms with van der Waals surface area (Å²) in [6, 6.07) is 19.1. The number of nitrogens with two attached hydrogens (primary N) is 1.